The first-order chi connectivity index (χ1) is 10.1. The molecule has 1 aromatic carbocycles. The van der Waals surface area contributed by atoms with Crippen molar-refractivity contribution in [3.05, 3.63) is 24.3 Å². The summed E-state index contributed by atoms with van der Waals surface area (Å²) in [5.74, 6) is 0.0419. The van der Waals surface area contributed by atoms with E-state index in [0.717, 1.165) is 17.9 Å². The molecule has 2 N–H and O–H groups in total. The third-order valence-electron chi connectivity index (χ3n) is 4.06. The van der Waals surface area contributed by atoms with Crippen molar-refractivity contribution in [3.8, 4) is 0 Å². The summed E-state index contributed by atoms with van der Waals surface area (Å²) in [5, 5.41) is 11.9. The Bertz CT molecular complexity index is 461. The number of benzene rings is 1. The third kappa shape index (κ3) is 4.44. The number of hydrogen-bond donors (Lipinski definition) is 2. The molecule has 1 aromatic rings. The Balaban J connectivity index is 1.86. The molecule has 1 heterocycles. The largest absolute Gasteiger partial charge is 0.395 e. The molecule has 0 radical (unpaired) electrons. The molecule has 1 unspecified atom stereocenters. The van der Waals surface area contributed by atoms with Gasteiger partial charge >= 0.3 is 0 Å². The maximum absolute atomic E-state index is 12.0. The normalized spacial score (nSPS) is 18.7. The van der Waals surface area contributed by atoms with Crippen molar-refractivity contribution in [1.82, 2.24) is 4.90 Å². The standard InChI is InChI=1S/C16H25N3O2/c1-13-4-3-9-19(13)12-16(21)17-14-5-7-15(8-6-14)18(2)10-11-20/h5-8,13,20H,3-4,9-12H2,1-2H3,(H,17,21). The highest BCUT2D eigenvalue weighted by molar-refractivity contribution is 5.92. The summed E-state index contributed by atoms with van der Waals surface area (Å²) in [6, 6.07) is 8.20. The smallest absolute Gasteiger partial charge is 0.238 e. The highest BCUT2D eigenvalue weighted by atomic mass is 16.3. The molecule has 1 fully saturated rings. The summed E-state index contributed by atoms with van der Waals surface area (Å²) >= 11 is 0. The van der Waals surface area contributed by atoms with Gasteiger partial charge in [-0.1, -0.05) is 0 Å². The Hall–Kier alpha value is -1.59. The Morgan fingerprint density at radius 3 is 2.71 bits per heavy atom. The Morgan fingerprint density at radius 1 is 1.43 bits per heavy atom. The van der Waals surface area contributed by atoms with Crippen molar-refractivity contribution in [2.75, 3.05) is 43.5 Å². The minimum atomic E-state index is 0.0419. The van der Waals surface area contributed by atoms with Gasteiger partial charge in [0, 0.05) is 31.0 Å². The number of hydrogen-bond acceptors (Lipinski definition) is 4. The van der Waals surface area contributed by atoms with Gasteiger partial charge in [-0.15, -0.1) is 0 Å². The van der Waals surface area contributed by atoms with Crippen LogP contribution in [-0.2, 0) is 4.79 Å². The molecule has 5 nitrogen and oxygen atoms in total. The number of carbonyl (C=O) groups excluding carboxylic acids is 1. The van der Waals surface area contributed by atoms with E-state index in [9.17, 15) is 4.79 Å². The molecule has 2 rings (SSSR count). The van der Waals surface area contributed by atoms with Crippen molar-refractivity contribution in [1.29, 1.82) is 0 Å². The third-order valence-corrected chi connectivity index (χ3v) is 4.06. The van der Waals surface area contributed by atoms with Crippen LogP contribution in [0.3, 0.4) is 0 Å². The SMILES string of the molecule is CC1CCCN1CC(=O)Nc1ccc(N(C)CCO)cc1. The number of aliphatic hydroxyl groups is 1. The predicted molar refractivity (Wildman–Crippen MR) is 85.7 cm³/mol. The van der Waals surface area contributed by atoms with E-state index in [-0.39, 0.29) is 12.5 Å². The molecule has 5 heteroatoms. The molecule has 1 aliphatic rings. The molecular formula is C16H25N3O2. The monoisotopic (exact) mass is 291 g/mol. The molecule has 0 bridgehead atoms. The maximum atomic E-state index is 12.0. The lowest BCUT2D eigenvalue weighted by atomic mass is 10.2. The molecule has 1 atom stereocenters. The number of likely N-dealkylation sites (tertiary alicyclic amines) is 1. The molecular weight excluding hydrogens is 266 g/mol. The van der Waals surface area contributed by atoms with Gasteiger partial charge in [0.05, 0.1) is 13.2 Å². The average Bonchev–Trinajstić information content (AvgIpc) is 2.85. The summed E-state index contributed by atoms with van der Waals surface area (Å²) in [4.78, 5) is 16.2. The van der Waals surface area contributed by atoms with E-state index in [1.165, 1.54) is 12.8 Å². The van der Waals surface area contributed by atoms with Crippen LogP contribution in [0.25, 0.3) is 0 Å². The summed E-state index contributed by atoms with van der Waals surface area (Å²) in [5.41, 5.74) is 1.84. The lowest BCUT2D eigenvalue weighted by molar-refractivity contribution is -0.117. The van der Waals surface area contributed by atoms with Crippen molar-refractivity contribution in [2.45, 2.75) is 25.8 Å². The van der Waals surface area contributed by atoms with Crippen molar-refractivity contribution < 1.29 is 9.90 Å². The molecule has 1 saturated heterocycles. The van der Waals surface area contributed by atoms with E-state index in [4.69, 9.17) is 5.11 Å². The molecule has 0 spiro atoms. The minimum absolute atomic E-state index is 0.0419. The van der Waals surface area contributed by atoms with Crippen LogP contribution in [0, 0.1) is 0 Å². The van der Waals surface area contributed by atoms with E-state index >= 15 is 0 Å². The van der Waals surface area contributed by atoms with Gasteiger partial charge in [0.1, 0.15) is 0 Å². The zero-order chi connectivity index (χ0) is 15.2. The van der Waals surface area contributed by atoms with Crippen LogP contribution in [-0.4, -0.2) is 55.2 Å². The lowest BCUT2D eigenvalue weighted by Gasteiger charge is -2.20. The Kier molecular flexibility index (Phi) is 5.59. The number of amides is 1. The van der Waals surface area contributed by atoms with Crippen LogP contribution < -0.4 is 10.2 Å². The highest BCUT2D eigenvalue weighted by Crippen LogP contribution is 2.18. The molecule has 1 amide bonds. The van der Waals surface area contributed by atoms with Crippen LogP contribution in [0.4, 0.5) is 11.4 Å². The Morgan fingerprint density at radius 2 is 2.14 bits per heavy atom. The van der Waals surface area contributed by atoms with Gasteiger partial charge in [0.15, 0.2) is 0 Å². The van der Waals surface area contributed by atoms with Gasteiger partial charge in [-0.05, 0) is 50.6 Å². The zero-order valence-electron chi connectivity index (χ0n) is 12.9. The number of rotatable bonds is 6. The summed E-state index contributed by atoms with van der Waals surface area (Å²) in [6.45, 7) is 4.38. The second kappa shape index (κ2) is 7.43. The lowest BCUT2D eigenvalue weighted by Crippen LogP contribution is -2.35. The summed E-state index contributed by atoms with van der Waals surface area (Å²) < 4.78 is 0. The van der Waals surface area contributed by atoms with E-state index in [1.807, 2.05) is 36.2 Å². The molecule has 21 heavy (non-hydrogen) atoms. The zero-order valence-corrected chi connectivity index (χ0v) is 12.9. The van der Waals surface area contributed by atoms with Gasteiger partial charge in [-0.25, -0.2) is 0 Å². The second-order valence-corrected chi connectivity index (χ2v) is 5.70. The van der Waals surface area contributed by atoms with E-state index in [2.05, 4.69) is 17.1 Å². The van der Waals surface area contributed by atoms with Gasteiger partial charge in [-0.2, -0.15) is 0 Å². The predicted octanol–water partition coefficient (Wildman–Crippen LogP) is 1.54. The number of anilines is 2. The first-order valence-corrected chi connectivity index (χ1v) is 7.56. The van der Waals surface area contributed by atoms with Crippen LogP contribution in [0.2, 0.25) is 0 Å². The van der Waals surface area contributed by atoms with Crippen LogP contribution in [0.1, 0.15) is 19.8 Å². The second-order valence-electron chi connectivity index (χ2n) is 5.70. The van der Waals surface area contributed by atoms with E-state index in [0.29, 0.717) is 19.1 Å². The fourth-order valence-corrected chi connectivity index (χ4v) is 2.69. The average molecular weight is 291 g/mol. The van der Waals surface area contributed by atoms with Crippen LogP contribution >= 0.6 is 0 Å². The van der Waals surface area contributed by atoms with Crippen molar-refractivity contribution in [2.24, 2.45) is 0 Å². The topological polar surface area (TPSA) is 55.8 Å². The quantitative estimate of drug-likeness (QED) is 0.835. The summed E-state index contributed by atoms with van der Waals surface area (Å²) in [7, 11) is 1.93. The number of nitrogens with zero attached hydrogens (tertiary/aromatic N) is 2. The minimum Gasteiger partial charge on any atom is -0.395 e. The molecule has 0 aromatic heterocycles. The van der Waals surface area contributed by atoms with Crippen LogP contribution in [0.15, 0.2) is 24.3 Å². The first kappa shape index (κ1) is 15.8. The van der Waals surface area contributed by atoms with E-state index < -0.39 is 0 Å². The van der Waals surface area contributed by atoms with Gasteiger partial charge in [-0.3, -0.25) is 9.69 Å². The number of aliphatic hydroxyl groups excluding tert-OH is 1. The fourth-order valence-electron chi connectivity index (χ4n) is 2.69. The van der Waals surface area contributed by atoms with Gasteiger partial charge in [0.25, 0.3) is 0 Å². The maximum Gasteiger partial charge on any atom is 0.238 e. The molecule has 1 aliphatic heterocycles. The highest BCUT2D eigenvalue weighted by Gasteiger charge is 2.22. The fraction of sp³-hybridized carbons (Fsp3) is 0.562. The number of nitrogens with one attached hydrogen (secondary N) is 1. The number of likely N-dealkylation sites (N-methyl/N-ethyl adjacent to an activating group) is 1. The molecule has 0 saturated carbocycles. The van der Waals surface area contributed by atoms with Crippen LogP contribution in [0.5, 0.6) is 0 Å². The van der Waals surface area contributed by atoms with Gasteiger partial charge in [0.2, 0.25) is 5.91 Å². The van der Waals surface area contributed by atoms with Gasteiger partial charge < -0.3 is 15.3 Å². The van der Waals surface area contributed by atoms with Crippen molar-refractivity contribution >= 4 is 17.3 Å². The first-order valence-electron chi connectivity index (χ1n) is 7.56. The number of carbonyl (C=O) groups is 1. The Labute approximate surface area is 126 Å². The van der Waals surface area contributed by atoms with Crippen molar-refractivity contribution in [3.63, 3.8) is 0 Å². The molecule has 0 aliphatic carbocycles. The summed E-state index contributed by atoms with van der Waals surface area (Å²) in [6.07, 6.45) is 2.36. The molecule has 116 valence electrons. The van der Waals surface area contributed by atoms with E-state index in [1.54, 1.807) is 0 Å².